The van der Waals surface area contributed by atoms with Crippen LogP contribution in [0.1, 0.15) is 36.0 Å². The number of hydrogen-bond acceptors (Lipinski definition) is 4. The molecule has 1 aromatic carbocycles. The Morgan fingerprint density at radius 1 is 1.08 bits per heavy atom. The average molecular weight is 407 g/mol. The van der Waals surface area contributed by atoms with Crippen LogP contribution < -0.4 is 0 Å². The zero-order valence-electron chi connectivity index (χ0n) is 13.4. The van der Waals surface area contributed by atoms with Gasteiger partial charge in [-0.05, 0) is 25.0 Å². The predicted molar refractivity (Wildman–Crippen MR) is 95.2 cm³/mol. The SMILES string of the molecule is O=C(OC1C[C@H]2CC[C@@H](C1)N2C(=O)OCC(Cl)(Cl)Cl)c1ccccc1. The standard InChI is InChI=1S/C17H18Cl3NO4/c18-17(19,20)10-24-16(23)21-12-6-7-13(21)9-14(8-12)25-15(22)11-4-2-1-3-5-11/h1-5,12-14H,6-10H2/t12-,13+,14?. The third kappa shape index (κ3) is 4.72. The molecule has 3 atom stereocenters. The smallest absolute Gasteiger partial charge is 0.410 e. The Labute approximate surface area is 161 Å². The molecule has 2 aliphatic rings. The Bertz CT molecular complexity index is 621. The monoisotopic (exact) mass is 405 g/mol. The Balaban J connectivity index is 1.57. The van der Waals surface area contributed by atoms with Crippen molar-refractivity contribution in [3.05, 3.63) is 35.9 Å². The van der Waals surface area contributed by atoms with Crippen molar-refractivity contribution in [3.8, 4) is 0 Å². The number of esters is 1. The molecule has 1 aromatic rings. The second-order valence-corrected chi connectivity index (χ2v) is 8.84. The van der Waals surface area contributed by atoms with Gasteiger partial charge in [0.2, 0.25) is 3.79 Å². The second-order valence-electron chi connectivity index (χ2n) is 6.33. The van der Waals surface area contributed by atoms with Crippen LogP contribution in [0.15, 0.2) is 30.3 Å². The van der Waals surface area contributed by atoms with Gasteiger partial charge in [-0.25, -0.2) is 9.59 Å². The Kier molecular flexibility index (Phi) is 5.66. The fraction of sp³-hybridized carbons (Fsp3) is 0.529. The lowest BCUT2D eigenvalue weighted by Crippen LogP contribution is -2.49. The van der Waals surface area contributed by atoms with Crippen molar-refractivity contribution >= 4 is 46.9 Å². The van der Waals surface area contributed by atoms with Crippen molar-refractivity contribution < 1.29 is 19.1 Å². The van der Waals surface area contributed by atoms with Gasteiger partial charge in [-0.2, -0.15) is 0 Å². The summed E-state index contributed by atoms with van der Waals surface area (Å²) in [6.07, 6.45) is 2.21. The first-order valence-corrected chi connectivity index (χ1v) is 9.25. The number of fused-ring (bicyclic) bond motifs is 2. The predicted octanol–water partition coefficient (Wildman–Crippen LogP) is 4.35. The highest BCUT2D eigenvalue weighted by Crippen LogP contribution is 2.38. The second kappa shape index (κ2) is 7.60. The molecule has 5 nitrogen and oxygen atoms in total. The largest absolute Gasteiger partial charge is 0.459 e. The molecule has 2 bridgehead atoms. The van der Waals surface area contributed by atoms with Gasteiger partial charge in [0.25, 0.3) is 0 Å². The zero-order chi connectivity index (χ0) is 18.0. The molecule has 1 unspecified atom stereocenters. The van der Waals surface area contributed by atoms with Crippen molar-refractivity contribution in [1.82, 2.24) is 4.90 Å². The lowest BCUT2D eigenvalue weighted by atomic mass is 10.00. The molecule has 0 N–H and O–H groups in total. The first kappa shape index (κ1) is 18.6. The van der Waals surface area contributed by atoms with Crippen molar-refractivity contribution in [1.29, 1.82) is 0 Å². The van der Waals surface area contributed by atoms with Crippen LogP contribution in [0.3, 0.4) is 0 Å². The van der Waals surface area contributed by atoms with Crippen LogP contribution in [0, 0.1) is 0 Å². The number of amides is 1. The van der Waals surface area contributed by atoms with Crippen molar-refractivity contribution in [3.63, 3.8) is 0 Å². The van der Waals surface area contributed by atoms with Gasteiger partial charge in [0.15, 0.2) is 0 Å². The number of rotatable bonds is 3. The third-order valence-corrected chi connectivity index (χ3v) is 4.87. The van der Waals surface area contributed by atoms with Crippen molar-refractivity contribution in [2.24, 2.45) is 0 Å². The minimum atomic E-state index is -1.63. The Morgan fingerprint density at radius 3 is 2.24 bits per heavy atom. The number of nitrogens with zero attached hydrogens (tertiary/aromatic N) is 1. The number of halogens is 3. The van der Waals surface area contributed by atoms with Crippen LogP contribution in [-0.4, -0.2) is 45.5 Å². The minimum Gasteiger partial charge on any atom is -0.459 e. The lowest BCUT2D eigenvalue weighted by molar-refractivity contribution is -0.00618. The summed E-state index contributed by atoms with van der Waals surface area (Å²) in [6, 6.07) is 8.84. The van der Waals surface area contributed by atoms with Gasteiger partial charge < -0.3 is 14.4 Å². The fourth-order valence-electron chi connectivity index (χ4n) is 3.53. The van der Waals surface area contributed by atoms with E-state index in [1.165, 1.54) is 0 Å². The molecule has 2 aliphatic heterocycles. The molecular formula is C17H18Cl3NO4. The maximum Gasteiger partial charge on any atom is 0.410 e. The van der Waals surface area contributed by atoms with Crippen LogP contribution in [-0.2, 0) is 9.47 Å². The molecule has 0 radical (unpaired) electrons. The van der Waals surface area contributed by atoms with Crippen LogP contribution in [0.4, 0.5) is 4.79 Å². The summed E-state index contributed by atoms with van der Waals surface area (Å²) >= 11 is 16.9. The van der Waals surface area contributed by atoms with Crippen LogP contribution in [0.25, 0.3) is 0 Å². The summed E-state index contributed by atoms with van der Waals surface area (Å²) < 4.78 is 9.09. The molecule has 2 heterocycles. The highest BCUT2D eigenvalue weighted by atomic mass is 35.6. The maximum absolute atomic E-state index is 12.3. The van der Waals surface area contributed by atoms with E-state index in [2.05, 4.69) is 0 Å². The quantitative estimate of drug-likeness (QED) is 0.553. The number of carbonyl (C=O) groups is 2. The number of carbonyl (C=O) groups excluding carboxylic acids is 2. The fourth-order valence-corrected chi connectivity index (χ4v) is 3.70. The highest BCUT2D eigenvalue weighted by molar-refractivity contribution is 6.67. The summed E-state index contributed by atoms with van der Waals surface area (Å²) in [7, 11) is 0. The number of benzene rings is 1. The minimum absolute atomic E-state index is 0.0183. The van der Waals surface area contributed by atoms with E-state index in [4.69, 9.17) is 44.3 Å². The molecule has 0 aliphatic carbocycles. The van der Waals surface area contributed by atoms with Gasteiger partial charge >= 0.3 is 12.1 Å². The normalized spacial score (nSPS) is 25.6. The first-order chi connectivity index (χ1) is 11.8. The number of hydrogen-bond donors (Lipinski definition) is 0. The Hall–Kier alpha value is -1.17. The molecule has 0 spiro atoms. The van der Waals surface area contributed by atoms with Crippen molar-refractivity contribution in [2.75, 3.05) is 6.61 Å². The lowest BCUT2D eigenvalue weighted by Gasteiger charge is -2.37. The van der Waals surface area contributed by atoms with Gasteiger partial charge in [-0.15, -0.1) is 0 Å². The average Bonchev–Trinajstić information content (AvgIpc) is 2.84. The van der Waals surface area contributed by atoms with Crippen molar-refractivity contribution in [2.45, 2.75) is 47.7 Å². The summed E-state index contributed by atoms with van der Waals surface area (Å²) in [5.41, 5.74) is 0.527. The molecule has 2 saturated heterocycles. The van der Waals surface area contributed by atoms with Gasteiger partial charge in [0, 0.05) is 24.9 Å². The van der Waals surface area contributed by atoms with E-state index in [0.717, 1.165) is 12.8 Å². The van der Waals surface area contributed by atoms with E-state index < -0.39 is 9.89 Å². The molecule has 136 valence electrons. The van der Waals surface area contributed by atoms with Gasteiger partial charge in [-0.1, -0.05) is 53.0 Å². The summed E-state index contributed by atoms with van der Waals surface area (Å²) in [5, 5.41) is 0. The summed E-state index contributed by atoms with van der Waals surface area (Å²) in [6.45, 7) is -0.293. The van der Waals surface area contributed by atoms with E-state index in [0.29, 0.717) is 18.4 Å². The molecule has 3 rings (SSSR count). The van der Waals surface area contributed by atoms with Gasteiger partial charge in [0.1, 0.15) is 12.7 Å². The molecular weight excluding hydrogens is 389 g/mol. The Morgan fingerprint density at radius 2 is 1.68 bits per heavy atom. The molecule has 2 fully saturated rings. The van der Waals surface area contributed by atoms with E-state index in [-0.39, 0.29) is 30.8 Å². The van der Waals surface area contributed by atoms with Crippen LogP contribution >= 0.6 is 34.8 Å². The van der Waals surface area contributed by atoms with E-state index in [1.54, 1.807) is 29.2 Å². The van der Waals surface area contributed by atoms with Gasteiger partial charge in [0.05, 0.1) is 5.56 Å². The maximum atomic E-state index is 12.3. The number of ether oxygens (including phenoxy) is 2. The zero-order valence-corrected chi connectivity index (χ0v) is 15.6. The highest BCUT2D eigenvalue weighted by Gasteiger charge is 2.45. The van der Waals surface area contributed by atoms with Crippen LogP contribution in [0.2, 0.25) is 0 Å². The molecule has 0 aromatic heterocycles. The van der Waals surface area contributed by atoms with E-state index in [1.807, 2.05) is 6.07 Å². The molecule has 0 saturated carbocycles. The van der Waals surface area contributed by atoms with E-state index in [9.17, 15) is 9.59 Å². The summed E-state index contributed by atoms with van der Waals surface area (Å²) in [4.78, 5) is 26.2. The summed E-state index contributed by atoms with van der Waals surface area (Å²) in [5.74, 6) is -0.336. The molecule has 1 amide bonds. The topological polar surface area (TPSA) is 55.8 Å². The van der Waals surface area contributed by atoms with Gasteiger partial charge in [-0.3, -0.25) is 0 Å². The van der Waals surface area contributed by atoms with E-state index >= 15 is 0 Å². The third-order valence-electron chi connectivity index (χ3n) is 4.54. The molecule has 8 heteroatoms. The number of alkyl halides is 3. The van der Waals surface area contributed by atoms with Crippen LogP contribution in [0.5, 0.6) is 0 Å². The molecule has 25 heavy (non-hydrogen) atoms. The first-order valence-electron chi connectivity index (χ1n) is 8.11. The number of piperidine rings is 1.